The lowest BCUT2D eigenvalue weighted by molar-refractivity contribution is 0.161. The van der Waals surface area contributed by atoms with Gasteiger partial charge >= 0.3 is 0 Å². The number of benzene rings is 1. The van der Waals surface area contributed by atoms with Crippen LogP contribution in [0.1, 0.15) is 33.6 Å². The molecule has 142 valence electrons. The van der Waals surface area contributed by atoms with E-state index in [2.05, 4.69) is 39.2 Å². The first kappa shape index (κ1) is 20.1. The van der Waals surface area contributed by atoms with Crippen molar-refractivity contribution in [2.75, 3.05) is 31.7 Å². The van der Waals surface area contributed by atoms with Crippen molar-refractivity contribution in [1.82, 2.24) is 0 Å². The summed E-state index contributed by atoms with van der Waals surface area (Å²) in [6, 6.07) is 5.76. The standard InChI is InChI=1S/C19H33NO4Si/c1-19(2,3)25(4,5)24-10-6-7-16(21)14-20-15-8-9-17-18(13-15)23-12-11-22-17/h8-9,13,16,20-21H,6-7,10-12,14H2,1-5H3. The highest BCUT2D eigenvalue weighted by Gasteiger charge is 2.36. The van der Waals surface area contributed by atoms with Crippen LogP contribution in [0.25, 0.3) is 0 Å². The van der Waals surface area contributed by atoms with E-state index in [1.165, 1.54) is 0 Å². The molecule has 0 amide bonds. The van der Waals surface area contributed by atoms with E-state index in [-0.39, 0.29) is 5.04 Å². The molecule has 1 aliphatic rings. The molecule has 5 nitrogen and oxygen atoms in total. The van der Waals surface area contributed by atoms with Crippen LogP contribution >= 0.6 is 0 Å². The van der Waals surface area contributed by atoms with E-state index >= 15 is 0 Å². The fourth-order valence-corrected chi connectivity index (χ4v) is 3.44. The highest BCUT2D eigenvalue weighted by atomic mass is 28.4. The Morgan fingerprint density at radius 2 is 1.88 bits per heavy atom. The van der Waals surface area contributed by atoms with Crippen molar-refractivity contribution < 1.29 is 19.0 Å². The topological polar surface area (TPSA) is 60.0 Å². The van der Waals surface area contributed by atoms with Gasteiger partial charge in [0.15, 0.2) is 19.8 Å². The zero-order chi connectivity index (χ0) is 18.5. The number of hydrogen-bond acceptors (Lipinski definition) is 5. The van der Waals surface area contributed by atoms with Gasteiger partial charge in [0.05, 0.1) is 6.10 Å². The van der Waals surface area contributed by atoms with Crippen LogP contribution in [0.15, 0.2) is 18.2 Å². The van der Waals surface area contributed by atoms with Crippen molar-refractivity contribution in [1.29, 1.82) is 0 Å². The fourth-order valence-electron chi connectivity index (χ4n) is 2.35. The number of fused-ring (bicyclic) bond motifs is 1. The molecular formula is C19H33NO4Si. The first-order valence-electron chi connectivity index (χ1n) is 9.14. The minimum atomic E-state index is -1.69. The van der Waals surface area contributed by atoms with E-state index in [1.807, 2.05) is 18.2 Å². The summed E-state index contributed by atoms with van der Waals surface area (Å²) < 4.78 is 17.2. The van der Waals surface area contributed by atoms with Gasteiger partial charge in [-0.1, -0.05) is 20.8 Å². The van der Waals surface area contributed by atoms with Crippen molar-refractivity contribution >= 4 is 14.0 Å². The maximum atomic E-state index is 10.2. The summed E-state index contributed by atoms with van der Waals surface area (Å²) in [7, 11) is -1.69. The third-order valence-electron chi connectivity index (χ3n) is 5.03. The van der Waals surface area contributed by atoms with Crippen LogP contribution in [-0.4, -0.2) is 45.9 Å². The molecule has 1 aromatic rings. The molecule has 0 saturated heterocycles. The number of aliphatic hydroxyl groups is 1. The molecule has 0 radical (unpaired) electrons. The zero-order valence-electron chi connectivity index (χ0n) is 16.2. The minimum absolute atomic E-state index is 0.228. The molecular weight excluding hydrogens is 334 g/mol. The van der Waals surface area contributed by atoms with Crippen LogP contribution in [0.4, 0.5) is 5.69 Å². The molecule has 1 atom stereocenters. The second-order valence-electron chi connectivity index (χ2n) is 8.14. The molecule has 1 aliphatic heterocycles. The zero-order valence-corrected chi connectivity index (χ0v) is 17.2. The van der Waals surface area contributed by atoms with Gasteiger partial charge in [0, 0.05) is 24.9 Å². The average Bonchev–Trinajstić information content (AvgIpc) is 2.55. The summed E-state index contributed by atoms with van der Waals surface area (Å²) in [6.45, 7) is 13.6. The summed E-state index contributed by atoms with van der Waals surface area (Å²) in [6.07, 6.45) is 1.21. The second-order valence-corrected chi connectivity index (χ2v) is 13.0. The van der Waals surface area contributed by atoms with Crippen LogP contribution in [0.2, 0.25) is 18.1 Å². The number of nitrogens with one attached hydrogen (secondary N) is 1. The van der Waals surface area contributed by atoms with Crippen LogP contribution < -0.4 is 14.8 Å². The number of rotatable bonds is 8. The van der Waals surface area contributed by atoms with Gasteiger partial charge in [0.1, 0.15) is 13.2 Å². The highest BCUT2D eigenvalue weighted by molar-refractivity contribution is 6.74. The number of hydrogen-bond donors (Lipinski definition) is 2. The molecule has 0 spiro atoms. The van der Waals surface area contributed by atoms with Crippen molar-refractivity contribution in [3.8, 4) is 11.5 Å². The van der Waals surface area contributed by atoms with Gasteiger partial charge < -0.3 is 24.3 Å². The lowest BCUT2D eigenvalue weighted by Crippen LogP contribution is -2.41. The van der Waals surface area contributed by atoms with Crippen LogP contribution in [0.5, 0.6) is 11.5 Å². The Morgan fingerprint density at radius 1 is 1.20 bits per heavy atom. The van der Waals surface area contributed by atoms with E-state index in [0.717, 1.165) is 36.6 Å². The summed E-state index contributed by atoms with van der Waals surface area (Å²) in [5, 5.41) is 13.7. The van der Waals surface area contributed by atoms with Crippen LogP contribution in [0.3, 0.4) is 0 Å². The Bertz CT molecular complexity index is 557. The van der Waals surface area contributed by atoms with Gasteiger partial charge in [-0.25, -0.2) is 0 Å². The molecule has 25 heavy (non-hydrogen) atoms. The van der Waals surface area contributed by atoms with Crippen molar-refractivity contribution in [2.24, 2.45) is 0 Å². The fraction of sp³-hybridized carbons (Fsp3) is 0.684. The van der Waals surface area contributed by atoms with E-state index in [1.54, 1.807) is 0 Å². The maximum Gasteiger partial charge on any atom is 0.191 e. The Morgan fingerprint density at radius 3 is 2.56 bits per heavy atom. The van der Waals surface area contributed by atoms with Crippen molar-refractivity contribution in [2.45, 2.75) is 57.8 Å². The first-order valence-corrected chi connectivity index (χ1v) is 12.1. The molecule has 0 aromatic heterocycles. The summed E-state index contributed by atoms with van der Waals surface area (Å²) >= 11 is 0. The van der Waals surface area contributed by atoms with Gasteiger partial charge in [-0.15, -0.1) is 0 Å². The molecule has 6 heteroatoms. The molecule has 0 saturated carbocycles. The van der Waals surface area contributed by atoms with Gasteiger partial charge in [0.2, 0.25) is 0 Å². The van der Waals surface area contributed by atoms with Gasteiger partial charge in [-0.3, -0.25) is 0 Å². The predicted molar refractivity (Wildman–Crippen MR) is 104 cm³/mol. The van der Waals surface area contributed by atoms with Crippen molar-refractivity contribution in [3.63, 3.8) is 0 Å². The SMILES string of the molecule is CC(C)(C)[Si](C)(C)OCCCC(O)CNc1ccc2c(c1)OCCO2. The molecule has 0 fully saturated rings. The summed E-state index contributed by atoms with van der Waals surface area (Å²) in [4.78, 5) is 0. The molecule has 1 heterocycles. The average molecular weight is 368 g/mol. The Hall–Kier alpha value is -1.24. The van der Waals surface area contributed by atoms with Crippen LogP contribution in [0, 0.1) is 0 Å². The lowest BCUT2D eigenvalue weighted by Gasteiger charge is -2.36. The Labute approximate surface area is 152 Å². The maximum absolute atomic E-state index is 10.2. The van der Waals surface area contributed by atoms with E-state index < -0.39 is 14.4 Å². The third kappa shape index (κ3) is 5.90. The Kier molecular flexibility index (Phi) is 6.77. The lowest BCUT2D eigenvalue weighted by atomic mass is 10.2. The van der Waals surface area contributed by atoms with Gasteiger partial charge in [0.25, 0.3) is 0 Å². The van der Waals surface area contributed by atoms with E-state index in [0.29, 0.717) is 19.8 Å². The van der Waals surface area contributed by atoms with E-state index in [4.69, 9.17) is 13.9 Å². The minimum Gasteiger partial charge on any atom is -0.486 e. The van der Waals surface area contributed by atoms with Gasteiger partial charge in [-0.05, 0) is 43.1 Å². The highest BCUT2D eigenvalue weighted by Crippen LogP contribution is 2.36. The largest absolute Gasteiger partial charge is 0.486 e. The second kappa shape index (κ2) is 8.43. The molecule has 1 aromatic carbocycles. The predicted octanol–water partition coefficient (Wildman–Crippen LogP) is 4.03. The first-order chi connectivity index (χ1) is 11.7. The van der Waals surface area contributed by atoms with Crippen LogP contribution in [-0.2, 0) is 4.43 Å². The third-order valence-corrected chi connectivity index (χ3v) is 9.57. The molecule has 0 aliphatic carbocycles. The van der Waals surface area contributed by atoms with Gasteiger partial charge in [-0.2, -0.15) is 0 Å². The smallest absolute Gasteiger partial charge is 0.191 e. The monoisotopic (exact) mass is 367 g/mol. The molecule has 1 unspecified atom stereocenters. The normalized spacial score (nSPS) is 15.8. The van der Waals surface area contributed by atoms with E-state index in [9.17, 15) is 5.11 Å². The van der Waals surface area contributed by atoms with Crippen molar-refractivity contribution in [3.05, 3.63) is 18.2 Å². The number of ether oxygens (including phenoxy) is 2. The summed E-state index contributed by atoms with van der Waals surface area (Å²) in [5.74, 6) is 1.54. The molecule has 2 N–H and O–H groups in total. The number of aliphatic hydroxyl groups excluding tert-OH is 1. The molecule has 0 bridgehead atoms. The quantitative estimate of drug-likeness (QED) is 0.536. The summed E-state index contributed by atoms with van der Waals surface area (Å²) in [5.41, 5.74) is 0.931. The number of anilines is 1. The molecule has 2 rings (SSSR count). The Balaban J connectivity index is 1.68.